The first-order valence-corrected chi connectivity index (χ1v) is 11.7. The van der Waals surface area contributed by atoms with E-state index >= 15 is 0 Å². The topological polar surface area (TPSA) is 58.2 Å². The van der Waals surface area contributed by atoms with E-state index in [9.17, 15) is 8.78 Å². The second-order valence-corrected chi connectivity index (χ2v) is 9.28. The zero-order chi connectivity index (χ0) is 22.5. The fraction of sp³-hybridized carbons (Fsp3) is 0.560. The smallest absolute Gasteiger partial charge is 0.149 e. The third kappa shape index (κ3) is 6.17. The van der Waals surface area contributed by atoms with Gasteiger partial charge in [-0.3, -0.25) is 0 Å². The highest BCUT2D eigenvalue weighted by atomic mass is 19.1. The summed E-state index contributed by atoms with van der Waals surface area (Å²) in [5.74, 6) is 0.560. The van der Waals surface area contributed by atoms with Gasteiger partial charge in [0.05, 0.1) is 18.5 Å². The molecule has 0 bridgehead atoms. The maximum atomic E-state index is 14.6. The van der Waals surface area contributed by atoms with Gasteiger partial charge in [-0.25, -0.2) is 13.8 Å². The average Bonchev–Trinajstić information content (AvgIpc) is 3.61. The van der Waals surface area contributed by atoms with Crippen LogP contribution in [-0.2, 0) is 4.74 Å². The van der Waals surface area contributed by atoms with E-state index in [0.717, 1.165) is 32.2 Å². The van der Waals surface area contributed by atoms with Crippen LogP contribution in [0.4, 0.5) is 20.3 Å². The van der Waals surface area contributed by atoms with Crippen molar-refractivity contribution in [3.05, 3.63) is 42.1 Å². The highest BCUT2D eigenvalue weighted by Gasteiger charge is 2.23. The Morgan fingerprint density at radius 2 is 1.78 bits per heavy atom. The van der Waals surface area contributed by atoms with Crippen molar-refractivity contribution in [3.63, 3.8) is 0 Å². The number of benzene rings is 1. The van der Waals surface area contributed by atoms with Gasteiger partial charge < -0.3 is 20.7 Å². The predicted molar refractivity (Wildman–Crippen MR) is 125 cm³/mol. The van der Waals surface area contributed by atoms with Gasteiger partial charge in [0.15, 0.2) is 0 Å². The van der Waals surface area contributed by atoms with Crippen molar-refractivity contribution < 1.29 is 13.5 Å². The molecule has 2 saturated carbocycles. The van der Waals surface area contributed by atoms with Crippen LogP contribution in [0.5, 0.6) is 0 Å². The number of methoxy groups -OCH3 is 1. The highest BCUT2D eigenvalue weighted by molar-refractivity contribution is 5.71. The van der Waals surface area contributed by atoms with Crippen LogP contribution in [0.3, 0.4) is 0 Å². The summed E-state index contributed by atoms with van der Waals surface area (Å²) in [6.45, 7) is 3.61. The number of ether oxygens (including phenoxy) is 1. The van der Waals surface area contributed by atoms with Crippen LogP contribution in [-0.4, -0.2) is 43.4 Å². The lowest BCUT2D eigenvalue weighted by molar-refractivity contribution is 0.161. The van der Waals surface area contributed by atoms with E-state index in [1.54, 1.807) is 25.3 Å². The maximum Gasteiger partial charge on any atom is 0.149 e. The Bertz CT molecular complexity index is 898. The van der Waals surface area contributed by atoms with Crippen molar-refractivity contribution in [1.29, 1.82) is 0 Å². The van der Waals surface area contributed by atoms with Gasteiger partial charge in [0.25, 0.3) is 0 Å². The summed E-state index contributed by atoms with van der Waals surface area (Å²) in [6, 6.07) is 7.59. The summed E-state index contributed by atoms with van der Waals surface area (Å²) < 4.78 is 34.0. The largest absolute Gasteiger partial charge is 0.383 e. The molecule has 2 aromatic rings. The second-order valence-electron chi connectivity index (χ2n) is 9.28. The zero-order valence-electron chi connectivity index (χ0n) is 19.0. The lowest BCUT2D eigenvalue weighted by atomic mass is 9.90. The van der Waals surface area contributed by atoms with Crippen LogP contribution in [0.1, 0.15) is 45.4 Å². The number of anilines is 2. The van der Waals surface area contributed by atoms with Gasteiger partial charge in [-0.05, 0) is 75.1 Å². The molecule has 0 aliphatic heterocycles. The SMILES string of the molecule is COC[C@@H](C)N[C@H]1CC[C@H](Nc2cc(-c3ccc(F)c(NCC4CC4)c3)c(F)cn2)CC1. The summed E-state index contributed by atoms with van der Waals surface area (Å²) in [7, 11) is 1.72. The molecule has 7 heteroatoms. The molecule has 0 radical (unpaired) electrons. The predicted octanol–water partition coefficient (Wildman–Crippen LogP) is 5.20. The van der Waals surface area contributed by atoms with Crippen LogP contribution >= 0.6 is 0 Å². The minimum atomic E-state index is -0.407. The molecule has 1 aromatic heterocycles. The van der Waals surface area contributed by atoms with Gasteiger partial charge >= 0.3 is 0 Å². The monoisotopic (exact) mass is 444 g/mol. The van der Waals surface area contributed by atoms with Gasteiger partial charge in [-0.2, -0.15) is 0 Å². The number of aromatic nitrogens is 1. The molecule has 4 rings (SSSR count). The Kier molecular flexibility index (Phi) is 7.58. The molecular weight excluding hydrogens is 410 g/mol. The van der Waals surface area contributed by atoms with Crippen molar-refractivity contribution in [3.8, 4) is 11.1 Å². The quantitative estimate of drug-likeness (QED) is 0.470. The molecule has 0 spiro atoms. The lowest BCUT2D eigenvalue weighted by Gasteiger charge is -2.31. The third-order valence-corrected chi connectivity index (χ3v) is 6.43. The summed E-state index contributed by atoms with van der Waals surface area (Å²) >= 11 is 0. The fourth-order valence-corrected chi connectivity index (χ4v) is 4.46. The summed E-state index contributed by atoms with van der Waals surface area (Å²) in [4.78, 5) is 4.25. The number of pyridine rings is 1. The molecular formula is C25H34F2N4O. The second kappa shape index (κ2) is 10.6. The molecule has 3 N–H and O–H groups in total. The van der Waals surface area contributed by atoms with Crippen LogP contribution in [0.15, 0.2) is 30.5 Å². The number of nitrogens with zero attached hydrogens (tertiary/aromatic N) is 1. The number of nitrogens with one attached hydrogen (secondary N) is 3. The number of hydrogen-bond donors (Lipinski definition) is 3. The Hall–Kier alpha value is -2.25. The van der Waals surface area contributed by atoms with Crippen molar-refractivity contribution in [2.45, 2.75) is 63.6 Å². The average molecular weight is 445 g/mol. The maximum absolute atomic E-state index is 14.6. The number of hydrogen-bond acceptors (Lipinski definition) is 5. The standard InChI is InChI=1S/C25H34F2N4O/c1-16(15-32-2)30-19-6-8-20(9-7-19)31-25-12-21(23(27)14-29-25)18-5-10-22(26)24(11-18)28-13-17-3-4-17/h5,10-12,14,16-17,19-20,28,30H,3-4,6-9,13,15H2,1-2H3,(H,29,31)/t16-,19-,20-/m1/s1. The van der Waals surface area contributed by atoms with E-state index in [-0.39, 0.29) is 5.82 Å². The molecule has 1 heterocycles. The van der Waals surface area contributed by atoms with E-state index in [2.05, 4.69) is 27.9 Å². The molecule has 32 heavy (non-hydrogen) atoms. The van der Waals surface area contributed by atoms with Crippen molar-refractivity contribution >= 4 is 11.5 Å². The van der Waals surface area contributed by atoms with Gasteiger partial charge in [-0.1, -0.05) is 6.07 Å². The van der Waals surface area contributed by atoms with Gasteiger partial charge in [0, 0.05) is 37.3 Å². The van der Waals surface area contributed by atoms with Crippen molar-refractivity contribution in [2.24, 2.45) is 5.92 Å². The molecule has 1 atom stereocenters. The minimum Gasteiger partial charge on any atom is -0.383 e. The van der Waals surface area contributed by atoms with E-state index in [0.29, 0.717) is 53.3 Å². The molecule has 0 saturated heterocycles. The molecule has 5 nitrogen and oxygen atoms in total. The summed E-state index contributed by atoms with van der Waals surface area (Å²) in [5, 5.41) is 10.3. The molecule has 1 aromatic carbocycles. The van der Waals surface area contributed by atoms with E-state index in [1.165, 1.54) is 25.1 Å². The number of rotatable bonds is 10. The first-order valence-electron chi connectivity index (χ1n) is 11.7. The zero-order valence-corrected chi connectivity index (χ0v) is 19.0. The van der Waals surface area contributed by atoms with Crippen molar-refractivity contribution in [1.82, 2.24) is 10.3 Å². The molecule has 2 aliphatic rings. The Morgan fingerprint density at radius 3 is 2.50 bits per heavy atom. The Morgan fingerprint density at radius 1 is 1.03 bits per heavy atom. The normalized spacial score (nSPS) is 21.9. The summed E-state index contributed by atoms with van der Waals surface area (Å²) in [5.41, 5.74) is 1.50. The van der Waals surface area contributed by atoms with Crippen LogP contribution in [0.25, 0.3) is 11.1 Å². The molecule has 2 fully saturated rings. The molecule has 0 unspecified atom stereocenters. The fourth-order valence-electron chi connectivity index (χ4n) is 4.46. The molecule has 0 amide bonds. The lowest BCUT2D eigenvalue weighted by Crippen LogP contribution is -2.42. The van der Waals surface area contributed by atoms with Crippen molar-refractivity contribution in [2.75, 3.05) is 30.9 Å². The number of halogens is 2. The van der Waals surface area contributed by atoms with Crippen LogP contribution in [0, 0.1) is 17.6 Å². The van der Waals surface area contributed by atoms with Gasteiger partial charge in [-0.15, -0.1) is 0 Å². The first-order chi connectivity index (χ1) is 15.5. The van der Waals surface area contributed by atoms with E-state index in [4.69, 9.17) is 4.74 Å². The van der Waals surface area contributed by atoms with E-state index < -0.39 is 5.82 Å². The molecule has 174 valence electrons. The van der Waals surface area contributed by atoms with Gasteiger partial charge in [0.1, 0.15) is 17.5 Å². The summed E-state index contributed by atoms with van der Waals surface area (Å²) in [6.07, 6.45) is 7.83. The van der Waals surface area contributed by atoms with Crippen LogP contribution in [0.2, 0.25) is 0 Å². The Balaban J connectivity index is 1.38. The van der Waals surface area contributed by atoms with Gasteiger partial charge in [0.2, 0.25) is 0 Å². The first kappa shape index (κ1) is 22.9. The third-order valence-electron chi connectivity index (χ3n) is 6.43. The highest BCUT2D eigenvalue weighted by Crippen LogP contribution is 2.32. The Labute approximate surface area is 189 Å². The minimum absolute atomic E-state index is 0.306. The van der Waals surface area contributed by atoms with Crippen LogP contribution < -0.4 is 16.0 Å². The molecule has 2 aliphatic carbocycles. The van der Waals surface area contributed by atoms with E-state index in [1.807, 2.05) is 0 Å².